The van der Waals surface area contributed by atoms with E-state index in [9.17, 15) is 28.1 Å². The number of alkyl halides is 3. The number of hydrogen-bond donors (Lipinski definition) is 1. The Balaban J connectivity index is 2.95. The molecule has 0 heterocycles. The van der Waals surface area contributed by atoms with Crippen LogP contribution in [-0.2, 0) is 9.53 Å². The largest absolute Gasteiger partial charge is 0.411 e. The molecule has 0 spiro atoms. The lowest BCUT2D eigenvalue weighted by Crippen LogP contribution is -2.31. The molecular formula is C11H11F3N2O4. The van der Waals surface area contributed by atoms with Gasteiger partial charge in [0.25, 0.3) is 5.69 Å². The first kappa shape index (κ1) is 15.9. The van der Waals surface area contributed by atoms with Gasteiger partial charge in [0.2, 0.25) is 5.91 Å². The predicted octanol–water partition coefficient (Wildman–Crippen LogP) is 2.31. The summed E-state index contributed by atoms with van der Waals surface area (Å²) in [5, 5.41) is 12.8. The molecule has 0 saturated heterocycles. The molecule has 0 fully saturated rings. The third kappa shape index (κ3) is 5.22. The number of hydrogen-bond acceptors (Lipinski definition) is 4. The molecule has 0 bridgehead atoms. The fourth-order valence-electron chi connectivity index (χ4n) is 1.39. The highest BCUT2D eigenvalue weighted by Crippen LogP contribution is 2.23. The van der Waals surface area contributed by atoms with Crippen LogP contribution in [0.15, 0.2) is 24.3 Å². The minimum atomic E-state index is -4.57. The van der Waals surface area contributed by atoms with Crippen LogP contribution in [-0.4, -0.2) is 23.6 Å². The van der Waals surface area contributed by atoms with Crippen molar-refractivity contribution >= 4 is 11.6 Å². The van der Waals surface area contributed by atoms with Gasteiger partial charge < -0.3 is 10.1 Å². The van der Waals surface area contributed by atoms with Crippen molar-refractivity contribution in [1.29, 1.82) is 0 Å². The van der Waals surface area contributed by atoms with E-state index in [4.69, 9.17) is 0 Å². The van der Waals surface area contributed by atoms with Gasteiger partial charge in [-0.25, -0.2) is 0 Å². The number of nitro benzene ring substituents is 1. The summed E-state index contributed by atoms with van der Waals surface area (Å²) in [7, 11) is 0. The van der Waals surface area contributed by atoms with E-state index >= 15 is 0 Å². The third-order valence-electron chi connectivity index (χ3n) is 2.13. The van der Waals surface area contributed by atoms with Crippen LogP contribution in [0.1, 0.15) is 18.7 Å². The first-order valence-corrected chi connectivity index (χ1v) is 5.39. The monoisotopic (exact) mass is 292 g/mol. The number of benzene rings is 1. The summed E-state index contributed by atoms with van der Waals surface area (Å²) in [6.45, 7) is -0.484. The van der Waals surface area contributed by atoms with Gasteiger partial charge in [0.05, 0.1) is 4.92 Å². The molecule has 0 aliphatic carbocycles. The van der Waals surface area contributed by atoms with Gasteiger partial charge in [0, 0.05) is 24.6 Å². The van der Waals surface area contributed by atoms with E-state index in [-0.39, 0.29) is 11.3 Å². The Kier molecular flexibility index (Phi) is 5.03. The van der Waals surface area contributed by atoms with E-state index in [1.165, 1.54) is 18.2 Å². The van der Waals surface area contributed by atoms with Crippen molar-refractivity contribution < 1.29 is 27.6 Å². The molecule has 0 aromatic heterocycles. The van der Waals surface area contributed by atoms with Gasteiger partial charge in [0.15, 0.2) is 6.23 Å². The number of rotatable bonds is 5. The number of carbonyl (C=O) groups excluding carboxylic acids is 1. The maximum atomic E-state index is 12.1. The van der Waals surface area contributed by atoms with Crippen molar-refractivity contribution in [3.63, 3.8) is 0 Å². The summed E-state index contributed by atoms with van der Waals surface area (Å²) in [5.74, 6) is -0.622. The first-order valence-electron chi connectivity index (χ1n) is 5.39. The van der Waals surface area contributed by atoms with Crippen LogP contribution in [0.25, 0.3) is 0 Å². The molecule has 1 N–H and O–H groups in total. The van der Waals surface area contributed by atoms with Crippen molar-refractivity contribution in [2.24, 2.45) is 0 Å². The Morgan fingerprint density at radius 1 is 1.50 bits per heavy atom. The Morgan fingerprint density at radius 3 is 2.65 bits per heavy atom. The fraction of sp³-hybridized carbons (Fsp3) is 0.364. The lowest BCUT2D eigenvalue weighted by molar-refractivity contribution is -0.385. The van der Waals surface area contributed by atoms with E-state index in [2.05, 4.69) is 10.1 Å². The number of nitrogens with zero attached hydrogens (tertiary/aromatic N) is 1. The number of halogens is 3. The predicted molar refractivity (Wildman–Crippen MR) is 61.7 cm³/mol. The average Bonchev–Trinajstić information content (AvgIpc) is 2.33. The van der Waals surface area contributed by atoms with Crippen LogP contribution in [0.5, 0.6) is 0 Å². The standard InChI is InChI=1S/C11H11F3N2O4/c1-7(17)15-10(20-6-11(12,13)14)8-3-2-4-9(5-8)16(18)19/h2-5,10H,6H2,1H3,(H,15,17). The Labute approximate surface area is 111 Å². The number of carbonyl (C=O) groups is 1. The van der Waals surface area contributed by atoms with Crippen molar-refractivity contribution in [3.8, 4) is 0 Å². The molecule has 1 amide bonds. The summed E-state index contributed by atoms with van der Waals surface area (Å²) < 4.78 is 41.0. The summed E-state index contributed by atoms with van der Waals surface area (Å²) in [5.41, 5.74) is -0.257. The minimum absolute atomic E-state index is 0.0543. The zero-order valence-electron chi connectivity index (χ0n) is 10.3. The molecular weight excluding hydrogens is 281 g/mol. The number of nitrogens with one attached hydrogen (secondary N) is 1. The second-order valence-electron chi connectivity index (χ2n) is 3.86. The zero-order chi connectivity index (χ0) is 15.3. The molecule has 6 nitrogen and oxygen atoms in total. The summed E-state index contributed by atoms with van der Waals surface area (Å²) in [6, 6.07) is 4.83. The smallest absolute Gasteiger partial charge is 0.345 e. The molecule has 0 saturated carbocycles. The molecule has 110 valence electrons. The maximum Gasteiger partial charge on any atom is 0.411 e. The Hall–Kier alpha value is -2.16. The van der Waals surface area contributed by atoms with Crippen molar-refractivity contribution in [2.45, 2.75) is 19.3 Å². The van der Waals surface area contributed by atoms with Gasteiger partial charge in [-0.3, -0.25) is 14.9 Å². The number of nitro groups is 1. The second-order valence-corrected chi connectivity index (χ2v) is 3.86. The maximum absolute atomic E-state index is 12.1. The van der Waals surface area contributed by atoms with Crippen molar-refractivity contribution in [2.75, 3.05) is 6.61 Å². The Morgan fingerprint density at radius 2 is 2.15 bits per heavy atom. The number of ether oxygens (including phenoxy) is 1. The third-order valence-corrected chi connectivity index (χ3v) is 2.13. The molecule has 1 rings (SSSR count). The van der Waals surface area contributed by atoms with Gasteiger partial charge in [-0.1, -0.05) is 12.1 Å². The van der Waals surface area contributed by atoms with Crippen LogP contribution in [0.3, 0.4) is 0 Å². The normalized spacial score (nSPS) is 12.8. The lowest BCUT2D eigenvalue weighted by Gasteiger charge is -2.19. The first-order chi connectivity index (χ1) is 9.19. The molecule has 0 aliphatic heterocycles. The van der Waals surface area contributed by atoms with Gasteiger partial charge >= 0.3 is 6.18 Å². The number of non-ortho nitro benzene ring substituents is 1. The molecule has 9 heteroatoms. The SMILES string of the molecule is CC(=O)NC(OCC(F)(F)F)c1cccc([N+](=O)[O-])c1. The molecule has 1 unspecified atom stereocenters. The van der Waals surface area contributed by atoms with E-state index in [1.54, 1.807) is 0 Å². The van der Waals surface area contributed by atoms with Crippen LogP contribution in [0.2, 0.25) is 0 Å². The van der Waals surface area contributed by atoms with E-state index in [0.717, 1.165) is 13.0 Å². The van der Waals surface area contributed by atoms with Crippen molar-refractivity contribution in [3.05, 3.63) is 39.9 Å². The lowest BCUT2D eigenvalue weighted by atomic mass is 10.1. The quantitative estimate of drug-likeness (QED) is 0.513. The highest BCUT2D eigenvalue weighted by molar-refractivity contribution is 5.73. The highest BCUT2D eigenvalue weighted by atomic mass is 19.4. The van der Waals surface area contributed by atoms with E-state index < -0.39 is 29.8 Å². The molecule has 1 atom stereocenters. The minimum Gasteiger partial charge on any atom is -0.345 e. The van der Waals surface area contributed by atoms with Gasteiger partial charge in [0.1, 0.15) is 6.61 Å². The van der Waals surface area contributed by atoms with Crippen LogP contribution >= 0.6 is 0 Å². The van der Waals surface area contributed by atoms with Crippen LogP contribution < -0.4 is 5.32 Å². The molecule has 0 radical (unpaired) electrons. The van der Waals surface area contributed by atoms with Gasteiger partial charge in [-0.2, -0.15) is 13.2 Å². The van der Waals surface area contributed by atoms with E-state index in [1.807, 2.05) is 0 Å². The topological polar surface area (TPSA) is 81.5 Å². The molecule has 1 aromatic rings. The second kappa shape index (κ2) is 6.33. The van der Waals surface area contributed by atoms with Gasteiger partial charge in [-0.15, -0.1) is 0 Å². The Bertz CT molecular complexity index is 505. The average molecular weight is 292 g/mol. The fourth-order valence-corrected chi connectivity index (χ4v) is 1.39. The van der Waals surface area contributed by atoms with Crippen LogP contribution in [0.4, 0.5) is 18.9 Å². The number of amides is 1. The van der Waals surface area contributed by atoms with Crippen LogP contribution in [0, 0.1) is 10.1 Å². The molecule has 0 aliphatic rings. The summed E-state index contributed by atoms with van der Waals surface area (Å²) in [4.78, 5) is 20.9. The summed E-state index contributed by atoms with van der Waals surface area (Å²) in [6.07, 6.45) is -5.98. The summed E-state index contributed by atoms with van der Waals surface area (Å²) >= 11 is 0. The van der Waals surface area contributed by atoms with Crippen molar-refractivity contribution in [1.82, 2.24) is 5.32 Å². The van der Waals surface area contributed by atoms with Gasteiger partial charge in [-0.05, 0) is 0 Å². The molecule has 1 aromatic carbocycles. The molecule has 20 heavy (non-hydrogen) atoms. The zero-order valence-corrected chi connectivity index (χ0v) is 10.3. The van der Waals surface area contributed by atoms with E-state index in [0.29, 0.717) is 0 Å². The highest BCUT2D eigenvalue weighted by Gasteiger charge is 2.30.